The smallest absolute Gasteiger partial charge is 0.254 e. The Bertz CT molecular complexity index is 1080. The van der Waals surface area contributed by atoms with Crippen molar-refractivity contribution in [2.24, 2.45) is 0 Å². The summed E-state index contributed by atoms with van der Waals surface area (Å²) in [6, 6.07) is 22.4. The highest BCUT2D eigenvalue weighted by atomic mass is 32.1. The quantitative estimate of drug-likeness (QED) is 0.479. The molecule has 1 aliphatic rings. The van der Waals surface area contributed by atoms with Gasteiger partial charge in [-0.3, -0.25) is 4.79 Å². The number of benzene rings is 3. The minimum absolute atomic E-state index is 0.0892. The maximum absolute atomic E-state index is 13.2. The predicted octanol–water partition coefficient (Wildman–Crippen LogP) is 5.43. The van der Waals surface area contributed by atoms with E-state index in [1.54, 1.807) is 11.3 Å². The molecule has 1 unspecified atom stereocenters. The highest BCUT2D eigenvalue weighted by molar-refractivity contribution is 7.18. The molecule has 1 amide bonds. The summed E-state index contributed by atoms with van der Waals surface area (Å²) < 4.78 is 1.19. The molecule has 1 atom stereocenters. The lowest BCUT2D eigenvalue weighted by Crippen LogP contribution is -2.30. The molecular weight excluding hydrogens is 340 g/mol. The number of thiazole rings is 1. The Labute approximate surface area is 155 Å². The first-order valence-electron chi connectivity index (χ1n) is 8.95. The molecule has 0 spiro atoms. The number of aromatic nitrogens is 1. The monoisotopic (exact) mass is 358 g/mol. The molecule has 0 bridgehead atoms. The number of carbonyl (C=O) groups excluding carboxylic acids is 1. The van der Waals surface area contributed by atoms with Crippen molar-refractivity contribution in [2.75, 3.05) is 6.54 Å². The summed E-state index contributed by atoms with van der Waals surface area (Å²) >= 11 is 1.71. The number of hydrogen-bond acceptors (Lipinski definition) is 3. The molecule has 3 nitrogen and oxygen atoms in total. The lowest BCUT2D eigenvalue weighted by atomic mass is 10.1. The average molecular weight is 358 g/mol. The third-order valence-corrected chi connectivity index (χ3v) is 6.24. The van der Waals surface area contributed by atoms with Gasteiger partial charge in [0.2, 0.25) is 0 Å². The predicted molar refractivity (Wildman–Crippen MR) is 107 cm³/mol. The highest BCUT2D eigenvalue weighted by Crippen LogP contribution is 2.37. The number of nitrogens with zero attached hydrogens (tertiary/aromatic N) is 2. The van der Waals surface area contributed by atoms with Crippen molar-refractivity contribution in [3.05, 3.63) is 77.3 Å². The van der Waals surface area contributed by atoms with E-state index in [2.05, 4.69) is 18.2 Å². The number of carbonyl (C=O) groups is 1. The van der Waals surface area contributed by atoms with Crippen LogP contribution in [-0.2, 0) is 0 Å². The molecule has 0 radical (unpaired) electrons. The Morgan fingerprint density at radius 3 is 2.69 bits per heavy atom. The SMILES string of the molecule is O=C(c1ccc2ccccc2c1)N1CCCC1c1nc2ccccc2s1. The molecule has 4 heteroatoms. The largest absolute Gasteiger partial charge is 0.329 e. The molecule has 26 heavy (non-hydrogen) atoms. The Kier molecular flexibility index (Phi) is 3.71. The molecule has 5 rings (SSSR count). The Morgan fingerprint density at radius 2 is 1.81 bits per heavy atom. The zero-order chi connectivity index (χ0) is 17.5. The van der Waals surface area contributed by atoms with Crippen LogP contribution >= 0.6 is 11.3 Å². The van der Waals surface area contributed by atoms with E-state index in [9.17, 15) is 4.79 Å². The van der Waals surface area contributed by atoms with Gasteiger partial charge in [0.1, 0.15) is 5.01 Å². The molecule has 2 heterocycles. The van der Waals surface area contributed by atoms with E-state index in [4.69, 9.17) is 4.98 Å². The van der Waals surface area contributed by atoms with Gasteiger partial charge in [-0.05, 0) is 47.9 Å². The van der Waals surface area contributed by atoms with Gasteiger partial charge in [0.25, 0.3) is 5.91 Å². The maximum Gasteiger partial charge on any atom is 0.254 e. The molecular formula is C22H18N2OS. The van der Waals surface area contributed by atoms with Gasteiger partial charge in [0.15, 0.2) is 0 Å². The lowest BCUT2D eigenvalue weighted by molar-refractivity contribution is 0.0736. The van der Waals surface area contributed by atoms with E-state index >= 15 is 0 Å². The van der Waals surface area contributed by atoms with E-state index < -0.39 is 0 Å². The van der Waals surface area contributed by atoms with Crippen molar-refractivity contribution >= 4 is 38.2 Å². The third kappa shape index (κ3) is 2.58. The van der Waals surface area contributed by atoms with Gasteiger partial charge < -0.3 is 4.90 Å². The van der Waals surface area contributed by atoms with Crippen molar-refractivity contribution in [1.82, 2.24) is 9.88 Å². The van der Waals surface area contributed by atoms with Crippen LogP contribution in [0.2, 0.25) is 0 Å². The summed E-state index contributed by atoms with van der Waals surface area (Å²) in [7, 11) is 0. The van der Waals surface area contributed by atoms with Crippen LogP contribution in [0.1, 0.15) is 34.2 Å². The second kappa shape index (κ2) is 6.22. The summed E-state index contributed by atoms with van der Waals surface area (Å²) in [4.78, 5) is 20.0. The minimum Gasteiger partial charge on any atom is -0.329 e. The van der Waals surface area contributed by atoms with Crippen molar-refractivity contribution in [3.63, 3.8) is 0 Å². The van der Waals surface area contributed by atoms with Crippen LogP contribution in [-0.4, -0.2) is 22.3 Å². The van der Waals surface area contributed by atoms with Crippen molar-refractivity contribution in [2.45, 2.75) is 18.9 Å². The maximum atomic E-state index is 13.2. The zero-order valence-electron chi connectivity index (χ0n) is 14.3. The number of amides is 1. The fraction of sp³-hybridized carbons (Fsp3) is 0.182. The summed E-state index contributed by atoms with van der Waals surface area (Å²) in [5.74, 6) is 0.109. The second-order valence-electron chi connectivity index (χ2n) is 6.74. The number of para-hydroxylation sites is 1. The van der Waals surface area contributed by atoms with Gasteiger partial charge in [0, 0.05) is 12.1 Å². The molecule has 0 saturated carbocycles. The van der Waals surface area contributed by atoms with Crippen LogP contribution in [0, 0.1) is 0 Å². The first kappa shape index (κ1) is 15.5. The fourth-order valence-corrected chi connectivity index (χ4v) is 4.90. The van der Waals surface area contributed by atoms with E-state index in [0.29, 0.717) is 0 Å². The average Bonchev–Trinajstić information content (AvgIpc) is 3.33. The molecule has 1 aliphatic heterocycles. The van der Waals surface area contributed by atoms with Crippen LogP contribution in [0.15, 0.2) is 66.7 Å². The van der Waals surface area contributed by atoms with Crippen LogP contribution < -0.4 is 0 Å². The summed E-state index contributed by atoms with van der Waals surface area (Å²) in [5.41, 5.74) is 1.79. The summed E-state index contributed by atoms with van der Waals surface area (Å²) in [6.07, 6.45) is 2.01. The standard InChI is InChI=1S/C22H18N2OS/c25-22(17-12-11-15-6-1-2-7-16(15)14-17)24-13-5-9-19(24)21-23-18-8-3-4-10-20(18)26-21/h1-4,6-8,10-12,14,19H,5,9,13H2. The molecule has 4 aromatic rings. The van der Waals surface area contributed by atoms with Gasteiger partial charge in [0.05, 0.1) is 16.3 Å². The van der Waals surface area contributed by atoms with E-state index in [0.717, 1.165) is 46.2 Å². The second-order valence-corrected chi connectivity index (χ2v) is 7.80. The number of fused-ring (bicyclic) bond motifs is 2. The van der Waals surface area contributed by atoms with Crippen molar-refractivity contribution < 1.29 is 4.79 Å². The van der Waals surface area contributed by atoms with Gasteiger partial charge in [-0.2, -0.15) is 0 Å². The number of likely N-dealkylation sites (tertiary alicyclic amines) is 1. The lowest BCUT2D eigenvalue weighted by Gasteiger charge is -2.23. The first-order chi connectivity index (χ1) is 12.8. The topological polar surface area (TPSA) is 33.2 Å². The van der Waals surface area contributed by atoms with E-state index in [1.807, 2.05) is 53.4 Å². The molecule has 128 valence electrons. The highest BCUT2D eigenvalue weighted by Gasteiger charge is 2.32. The van der Waals surface area contributed by atoms with E-state index in [1.165, 1.54) is 4.70 Å². The molecule has 1 fully saturated rings. The summed E-state index contributed by atoms with van der Waals surface area (Å²) in [5, 5.41) is 3.32. The summed E-state index contributed by atoms with van der Waals surface area (Å²) in [6.45, 7) is 0.798. The molecule has 0 N–H and O–H groups in total. The van der Waals surface area contributed by atoms with Crippen LogP contribution in [0.3, 0.4) is 0 Å². The Balaban J connectivity index is 1.49. The van der Waals surface area contributed by atoms with Gasteiger partial charge in [-0.15, -0.1) is 11.3 Å². The number of hydrogen-bond donors (Lipinski definition) is 0. The van der Waals surface area contributed by atoms with Crippen molar-refractivity contribution in [3.8, 4) is 0 Å². The van der Waals surface area contributed by atoms with Crippen LogP contribution in [0.25, 0.3) is 21.0 Å². The van der Waals surface area contributed by atoms with Crippen LogP contribution in [0.5, 0.6) is 0 Å². The van der Waals surface area contributed by atoms with Gasteiger partial charge in [-0.25, -0.2) is 4.98 Å². The first-order valence-corrected chi connectivity index (χ1v) is 9.76. The van der Waals surface area contributed by atoms with Crippen molar-refractivity contribution in [1.29, 1.82) is 0 Å². The Morgan fingerprint density at radius 1 is 1.00 bits per heavy atom. The molecule has 1 aromatic heterocycles. The molecule has 1 saturated heterocycles. The molecule has 0 aliphatic carbocycles. The third-order valence-electron chi connectivity index (χ3n) is 5.11. The number of rotatable bonds is 2. The normalized spacial score (nSPS) is 17.2. The zero-order valence-corrected chi connectivity index (χ0v) is 15.1. The fourth-order valence-electron chi connectivity index (χ4n) is 3.79. The minimum atomic E-state index is 0.0892. The van der Waals surface area contributed by atoms with E-state index in [-0.39, 0.29) is 11.9 Å². The van der Waals surface area contributed by atoms with Crippen LogP contribution in [0.4, 0.5) is 0 Å². The molecule has 3 aromatic carbocycles. The Hall–Kier alpha value is -2.72. The van der Waals surface area contributed by atoms with Gasteiger partial charge in [-0.1, -0.05) is 42.5 Å². The van der Waals surface area contributed by atoms with Gasteiger partial charge >= 0.3 is 0 Å².